The molecular weight excluding hydrogens is 220 g/mol. The minimum atomic E-state index is 0.188. The third-order valence-corrected chi connectivity index (χ3v) is 5.02. The largest absolute Gasteiger partial charge is 0.353 e. The van der Waals surface area contributed by atoms with Crippen molar-refractivity contribution in [1.29, 1.82) is 0 Å². The zero-order valence-electron chi connectivity index (χ0n) is 10.2. The van der Waals surface area contributed by atoms with Crippen LogP contribution in [0.25, 0.3) is 0 Å². The molecule has 2 rings (SSSR count). The number of rotatable bonds is 3. The molecule has 3 nitrogen and oxygen atoms in total. The van der Waals surface area contributed by atoms with Crippen molar-refractivity contribution in [3.63, 3.8) is 0 Å². The number of carbonyl (C=O) groups excluding carboxylic acids is 1. The number of carbonyl (C=O) groups is 1. The standard InChI is InChI=1S/C12H22N2OS/c1-8-11(5-6-13-8)12(15)14-9-3-4-10(7-9)16-2/h8-11,13H,3-7H2,1-2H3,(H,14,15). The van der Waals surface area contributed by atoms with Gasteiger partial charge in [0.1, 0.15) is 0 Å². The molecule has 0 aromatic carbocycles. The van der Waals surface area contributed by atoms with Crippen LogP contribution in [-0.4, -0.2) is 36.0 Å². The van der Waals surface area contributed by atoms with E-state index in [1.54, 1.807) is 0 Å². The van der Waals surface area contributed by atoms with Gasteiger partial charge in [-0.25, -0.2) is 0 Å². The molecule has 1 aliphatic heterocycles. The molecule has 2 fully saturated rings. The Kier molecular flexibility index (Phi) is 4.14. The maximum atomic E-state index is 12.0. The van der Waals surface area contributed by atoms with Crippen LogP contribution in [0, 0.1) is 5.92 Å². The Morgan fingerprint density at radius 3 is 2.75 bits per heavy atom. The van der Waals surface area contributed by atoms with Crippen LogP contribution in [0.3, 0.4) is 0 Å². The smallest absolute Gasteiger partial charge is 0.224 e. The first-order chi connectivity index (χ1) is 7.70. The average molecular weight is 242 g/mol. The highest BCUT2D eigenvalue weighted by Crippen LogP contribution is 2.28. The van der Waals surface area contributed by atoms with E-state index < -0.39 is 0 Å². The Bertz CT molecular complexity index is 259. The number of nitrogens with one attached hydrogen (secondary N) is 2. The van der Waals surface area contributed by atoms with E-state index in [9.17, 15) is 4.79 Å². The lowest BCUT2D eigenvalue weighted by atomic mass is 10.0. The molecule has 1 amide bonds. The van der Waals surface area contributed by atoms with Crippen molar-refractivity contribution in [1.82, 2.24) is 10.6 Å². The summed E-state index contributed by atoms with van der Waals surface area (Å²) in [5.74, 6) is 0.456. The van der Waals surface area contributed by atoms with Gasteiger partial charge in [0.2, 0.25) is 5.91 Å². The SMILES string of the molecule is CSC1CCC(NC(=O)C2CCNC2C)C1. The summed E-state index contributed by atoms with van der Waals surface area (Å²) in [5, 5.41) is 7.31. The topological polar surface area (TPSA) is 41.1 Å². The van der Waals surface area contributed by atoms with E-state index in [1.165, 1.54) is 6.42 Å². The first-order valence-corrected chi connectivity index (χ1v) is 7.56. The highest BCUT2D eigenvalue weighted by atomic mass is 32.2. The second-order valence-corrected chi connectivity index (χ2v) is 6.15. The summed E-state index contributed by atoms with van der Waals surface area (Å²) in [5.41, 5.74) is 0. The zero-order chi connectivity index (χ0) is 11.5. The molecule has 2 N–H and O–H groups in total. The molecular formula is C12H22N2OS. The van der Waals surface area contributed by atoms with Crippen LogP contribution < -0.4 is 10.6 Å². The molecule has 4 unspecified atom stereocenters. The van der Waals surface area contributed by atoms with Crippen molar-refractivity contribution in [2.75, 3.05) is 12.8 Å². The summed E-state index contributed by atoms with van der Waals surface area (Å²) in [6, 6.07) is 0.774. The van der Waals surface area contributed by atoms with E-state index >= 15 is 0 Å². The van der Waals surface area contributed by atoms with Crippen LogP contribution in [0.2, 0.25) is 0 Å². The van der Waals surface area contributed by atoms with Crippen LogP contribution in [0.4, 0.5) is 0 Å². The summed E-state index contributed by atoms with van der Waals surface area (Å²) in [7, 11) is 0. The van der Waals surface area contributed by atoms with Crippen LogP contribution in [0.15, 0.2) is 0 Å². The predicted octanol–water partition coefficient (Wildman–Crippen LogP) is 1.38. The van der Waals surface area contributed by atoms with Crippen molar-refractivity contribution >= 4 is 17.7 Å². The first kappa shape index (κ1) is 12.2. The Morgan fingerprint density at radius 1 is 1.38 bits per heavy atom. The summed E-state index contributed by atoms with van der Waals surface area (Å²) in [6.07, 6.45) is 6.72. The molecule has 4 atom stereocenters. The van der Waals surface area contributed by atoms with Gasteiger partial charge in [-0.2, -0.15) is 11.8 Å². The maximum Gasteiger partial charge on any atom is 0.224 e. The van der Waals surface area contributed by atoms with Crippen molar-refractivity contribution < 1.29 is 4.79 Å². The second-order valence-electron chi connectivity index (χ2n) is 5.01. The van der Waals surface area contributed by atoms with Gasteiger partial charge in [0, 0.05) is 17.3 Å². The summed E-state index contributed by atoms with van der Waals surface area (Å²) in [6.45, 7) is 3.09. The highest BCUT2D eigenvalue weighted by molar-refractivity contribution is 7.99. The minimum Gasteiger partial charge on any atom is -0.353 e. The van der Waals surface area contributed by atoms with Crippen molar-refractivity contribution in [2.45, 2.75) is 49.9 Å². The Morgan fingerprint density at radius 2 is 2.19 bits per heavy atom. The average Bonchev–Trinajstić information content (AvgIpc) is 2.86. The molecule has 1 saturated heterocycles. The van der Waals surface area contributed by atoms with Crippen molar-refractivity contribution in [2.24, 2.45) is 5.92 Å². The third-order valence-electron chi connectivity index (χ3n) is 3.93. The predicted molar refractivity (Wildman–Crippen MR) is 68.7 cm³/mol. The minimum absolute atomic E-state index is 0.188. The van der Waals surface area contributed by atoms with Crippen LogP contribution in [0.5, 0.6) is 0 Å². The number of amides is 1. The molecule has 2 aliphatic rings. The summed E-state index contributed by atoms with van der Waals surface area (Å²) in [4.78, 5) is 12.0. The monoisotopic (exact) mass is 242 g/mol. The van der Waals surface area contributed by atoms with E-state index in [4.69, 9.17) is 0 Å². The van der Waals surface area contributed by atoms with E-state index in [0.717, 1.165) is 31.1 Å². The fraction of sp³-hybridized carbons (Fsp3) is 0.917. The van der Waals surface area contributed by atoms with Gasteiger partial charge in [0.25, 0.3) is 0 Å². The Labute approximate surface area is 102 Å². The molecule has 0 spiro atoms. The molecule has 16 heavy (non-hydrogen) atoms. The lowest BCUT2D eigenvalue weighted by Crippen LogP contribution is -2.41. The molecule has 0 bridgehead atoms. The van der Waals surface area contributed by atoms with Crippen molar-refractivity contribution in [3.05, 3.63) is 0 Å². The van der Waals surface area contributed by atoms with E-state index in [-0.39, 0.29) is 11.8 Å². The lowest BCUT2D eigenvalue weighted by Gasteiger charge is -2.18. The van der Waals surface area contributed by atoms with Gasteiger partial charge in [-0.3, -0.25) is 4.79 Å². The van der Waals surface area contributed by atoms with Crippen LogP contribution >= 0.6 is 11.8 Å². The van der Waals surface area contributed by atoms with Gasteiger partial charge in [-0.1, -0.05) is 0 Å². The molecule has 1 aliphatic carbocycles. The maximum absolute atomic E-state index is 12.0. The quantitative estimate of drug-likeness (QED) is 0.786. The molecule has 0 aromatic rings. The van der Waals surface area contributed by atoms with Gasteiger partial charge >= 0.3 is 0 Å². The van der Waals surface area contributed by atoms with Crippen LogP contribution in [-0.2, 0) is 4.79 Å². The summed E-state index contributed by atoms with van der Waals surface area (Å²) >= 11 is 1.93. The molecule has 4 heteroatoms. The van der Waals surface area contributed by atoms with Gasteiger partial charge < -0.3 is 10.6 Å². The molecule has 0 radical (unpaired) electrons. The Hall–Kier alpha value is -0.220. The normalized spacial score (nSPS) is 38.9. The molecule has 92 valence electrons. The second kappa shape index (κ2) is 5.41. The van der Waals surface area contributed by atoms with Gasteiger partial charge in [0.15, 0.2) is 0 Å². The Balaban J connectivity index is 1.79. The number of hydrogen-bond donors (Lipinski definition) is 2. The van der Waals surface area contributed by atoms with Gasteiger partial charge in [-0.05, 0) is 45.4 Å². The van der Waals surface area contributed by atoms with Gasteiger partial charge in [0.05, 0.1) is 5.92 Å². The highest BCUT2D eigenvalue weighted by Gasteiger charge is 2.32. The summed E-state index contributed by atoms with van der Waals surface area (Å²) < 4.78 is 0. The van der Waals surface area contributed by atoms with E-state index in [0.29, 0.717) is 12.1 Å². The van der Waals surface area contributed by atoms with Crippen molar-refractivity contribution in [3.8, 4) is 0 Å². The zero-order valence-corrected chi connectivity index (χ0v) is 11.0. The fourth-order valence-corrected chi connectivity index (χ4v) is 3.61. The number of hydrogen-bond acceptors (Lipinski definition) is 3. The van der Waals surface area contributed by atoms with E-state index in [1.807, 2.05) is 11.8 Å². The number of thioether (sulfide) groups is 1. The fourth-order valence-electron chi connectivity index (χ4n) is 2.81. The molecule has 1 heterocycles. The van der Waals surface area contributed by atoms with E-state index in [2.05, 4.69) is 23.8 Å². The molecule has 0 aromatic heterocycles. The third kappa shape index (κ3) is 2.72. The van der Waals surface area contributed by atoms with Gasteiger partial charge in [-0.15, -0.1) is 0 Å². The first-order valence-electron chi connectivity index (χ1n) is 6.27. The molecule has 1 saturated carbocycles. The lowest BCUT2D eigenvalue weighted by molar-refractivity contribution is -0.125. The van der Waals surface area contributed by atoms with Crippen LogP contribution in [0.1, 0.15) is 32.6 Å².